The van der Waals surface area contributed by atoms with Gasteiger partial charge in [0, 0.05) is 22.4 Å². The minimum atomic E-state index is -2.17. The van der Waals surface area contributed by atoms with Crippen LogP contribution in [0.15, 0.2) is 84.9 Å². The molecule has 0 saturated heterocycles. The summed E-state index contributed by atoms with van der Waals surface area (Å²) in [4.78, 5) is 4.82. The van der Waals surface area contributed by atoms with E-state index in [1.807, 2.05) is 30.3 Å². The Morgan fingerprint density at radius 1 is 0.871 bits per heavy atom. The second kappa shape index (κ2) is 9.00. The molecular formula is C25H16FN2O2S-. The number of hydrogen-bond donors (Lipinski definition) is 0. The van der Waals surface area contributed by atoms with Gasteiger partial charge in [0.1, 0.15) is 11.9 Å². The molecule has 0 aliphatic rings. The highest BCUT2D eigenvalue weighted by molar-refractivity contribution is 7.78. The second-order valence-electron chi connectivity index (χ2n) is 6.91. The van der Waals surface area contributed by atoms with Crippen molar-refractivity contribution in [2.45, 2.75) is 5.75 Å². The fraction of sp³-hybridized carbons (Fsp3) is 0.0400. The number of nitrogens with zero attached hydrogens (tertiary/aromatic N) is 2. The summed E-state index contributed by atoms with van der Waals surface area (Å²) >= 11 is -2.17. The molecule has 1 atom stereocenters. The van der Waals surface area contributed by atoms with Gasteiger partial charge >= 0.3 is 0 Å². The van der Waals surface area contributed by atoms with Gasteiger partial charge in [-0.2, -0.15) is 5.26 Å². The molecule has 0 aliphatic carbocycles. The lowest BCUT2D eigenvalue weighted by Crippen LogP contribution is -1.98. The van der Waals surface area contributed by atoms with Crippen LogP contribution in [0.3, 0.4) is 0 Å². The molecule has 0 amide bonds. The first-order valence-electron chi connectivity index (χ1n) is 9.47. The largest absolute Gasteiger partial charge is 0.772 e. The van der Waals surface area contributed by atoms with Crippen LogP contribution in [0.2, 0.25) is 0 Å². The molecule has 1 heterocycles. The minimum Gasteiger partial charge on any atom is -0.772 e. The van der Waals surface area contributed by atoms with Gasteiger partial charge in [0.2, 0.25) is 0 Å². The van der Waals surface area contributed by atoms with Gasteiger partial charge < -0.3 is 4.55 Å². The van der Waals surface area contributed by atoms with Crippen molar-refractivity contribution < 1.29 is 13.2 Å². The summed E-state index contributed by atoms with van der Waals surface area (Å²) in [5.74, 6) is -0.420. The van der Waals surface area contributed by atoms with Crippen LogP contribution in [0.4, 0.5) is 4.39 Å². The molecule has 0 radical (unpaired) electrons. The third-order valence-electron chi connectivity index (χ3n) is 4.86. The van der Waals surface area contributed by atoms with Crippen molar-refractivity contribution in [2.75, 3.05) is 0 Å². The summed E-state index contributed by atoms with van der Waals surface area (Å²) in [6.07, 6.45) is 0. The van der Waals surface area contributed by atoms with Crippen LogP contribution < -0.4 is 0 Å². The lowest BCUT2D eigenvalue weighted by atomic mass is 9.94. The van der Waals surface area contributed by atoms with E-state index in [1.54, 1.807) is 42.5 Å². The molecular weight excluding hydrogens is 411 g/mol. The van der Waals surface area contributed by atoms with E-state index < -0.39 is 11.1 Å². The predicted octanol–water partition coefficient (Wildman–Crippen LogP) is 5.47. The highest BCUT2D eigenvalue weighted by Gasteiger charge is 2.16. The molecule has 3 aromatic carbocycles. The average molecular weight is 427 g/mol. The zero-order valence-electron chi connectivity index (χ0n) is 16.3. The van der Waals surface area contributed by atoms with Crippen LogP contribution in [0, 0.1) is 17.1 Å². The number of benzene rings is 3. The lowest BCUT2D eigenvalue weighted by Gasteiger charge is -2.14. The first-order valence-corrected chi connectivity index (χ1v) is 10.7. The van der Waals surface area contributed by atoms with Crippen LogP contribution in [0.25, 0.3) is 33.6 Å². The van der Waals surface area contributed by atoms with Gasteiger partial charge in [-0.25, -0.2) is 9.37 Å². The Hall–Kier alpha value is -3.66. The predicted molar refractivity (Wildman–Crippen MR) is 118 cm³/mol. The molecule has 4 nitrogen and oxygen atoms in total. The quantitative estimate of drug-likeness (QED) is 0.396. The Morgan fingerprint density at radius 2 is 1.48 bits per heavy atom. The van der Waals surface area contributed by atoms with Crippen LogP contribution in [-0.4, -0.2) is 13.7 Å². The Balaban J connectivity index is 1.92. The summed E-state index contributed by atoms with van der Waals surface area (Å²) in [5, 5.41) is 9.78. The number of pyridine rings is 1. The molecule has 0 bridgehead atoms. The van der Waals surface area contributed by atoms with E-state index in [-0.39, 0.29) is 11.6 Å². The van der Waals surface area contributed by atoms with Crippen molar-refractivity contribution in [1.82, 2.24) is 4.98 Å². The Labute approximate surface area is 181 Å². The summed E-state index contributed by atoms with van der Waals surface area (Å²) in [7, 11) is 0. The summed E-state index contributed by atoms with van der Waals surface area (Å²) in [6, 6.07) is 26.5. The van der Waals surface area contributed by atoms with E-state index in [4.69, 9.17) is 4.98 Å². The molecule has 0 aliphatic heterocycles. The highest BCUT2D eigenvalue weighted by atomic mass is 32.2. The topological polar surface area (TPSA) is 76.8 Å². The third-order valence-corrected chi connectivity index (χ3v) is 5.43. The number of rotatable bonds is 5. The SMILES string of the molecule is N#Cc1cc(-c2ccc(CS(=O)[O-])cc2)c(-c2ccc(F)cc2)nc1-c1ccccc1. The number of halogens is 1. The molecule has 0 saturated carbocycles. The lowest BCUT2D eigenvalue weighted by molar-refractivity contribution is 0.536. The highest BCUT2D eigenvalue weighted by Crippen LogP contribution is 2.35. The average Bonchev–Trinajstić information content (AvgIpc) is 2.79. The van der Waals surface area contributed by atoms with Crippen molar-refractivity contribution in [1.29, 1.82) is 5.26 Å². The molecule has 4 rings (SSSR count). The normalized spacial score (nSPS) is 11.6. The van der Waals surface area contributed by atoms with E-state index in [0.29, 0.717) is 33.6 Å². The van der Waals surface area contributed by atoms with Gasteiger partial charge in [-0.3, -0.25) is 4.21 Å². The molecule has 0 fully saturated rings. The van der Waals surface area contributed by atoms with Gasteiger partial charge in [-0.05, 0) is 41.5 Å². The monoisotopic (exact) mass is 427 g/mol. The first kappa shape index (κ1) is 20.6. The zero-order valence-corrected chi connectivity index (χ0v) is 17.1. The van der Waals surface area contributed by atoms with Crippen molar-refractivity contribution in [3.05, 3.63) is 102 Å². The smallest absolute Gasteiger partial charge is 0.123 e. The fourth-order valence-electron chi connectivity index (χ4n) is 3.38. The van der Waals surface area contributed by atoms with E-state index >= 15 is 0 Å². The van der Waals surface area contributed by atoms with Crippen LogP contribution in [0.1, 0.15) is 11.1 Å². The molecule has 0 N–H and O–H groups in total. The molecule has 152 valence electrons. The minimum absolute atomic E-state index is 0.0697. The van der Waals surface area contributed by atoms with Gasteiger partial charge in [0.15, 0.2) is 0 Å². The molecule has 1 aromatic heterocycles. The van der Waals surface area contributed by atoms with E-state index in [9.17, 15) is 18.4 Å². The fourth-order valence-corrected chi connectivity index (χ4v) is 3.84. The van der Waals surface area contributed by atoms with Crippen LogP contribution in [-0.2, 0) is 16.8 Å². The van der Waals surface area contributed by atoms with Gasteiger partial charge in [0.25, 0.3) is 0 Å². The van der Waals surface area contributed by atoms with E-state index in [1.165, 1.54) is 12.1 Å². The van der Waals surface area contributed by atoms with Crippen molar-refractivity contribution in [3.63, 3.8) is 0 Å². The molecule has 1 unspecified atom stereocenters. The van der Waals surface area contributed by atoms with Crippen LogP contribution >= 0.6 is 0 Å². The molecule has 6 heteroatoms. The number of hydrogen-bond acceptors (Lipinski definition) is 4. The maximum atomic E-state index is 13.5. The first-order chi connectivity index (χ1) is 15.0. The summed E-state index contributed by atoms with van der Waals surface area (Å²) < 4.78 is 35.5. The maximum absolute atomic E-state index is 13.5. The Kier molecular flexibility index (Phi) is 5.99. The molecule has 0 spiro atoms. The number of nitriles is 1. The van der Waals surface area contributed by atoms with Gasteiger partial charge in [-0.15, -0.1) is 0 Å². The van der Waals surface area contributed by atoms with Crippen molar-refractivity contribution in [2.24, 2.45) is 0 Å². The second-order valence-corrected chi connectivity index (χ2v) is 7.81. The van der Waals surface area contributed by atoms with Crippen LogP contribution in [0.5, 0.6) is 0 Å². The standard InChI is InChI=1S/C25H17FN2O2S/c26-22-12-10-20(11-13-22)25-23(18-8-6-17(7-9-18)16-31(29)30)14-21(15-27)24(28-25)19-4-2-1-3-5-19/h1-14H,16H2,(H,29,30)/p-1. The Bertz CT molecular complexity index is 1280. The molecule has 31 heavy (non-hydrogen) atoms. The van der Waals surface area contributed by atoms with Gasteiger partial charge in [-0.1, -0.05) is 65.7 Å². The Morgan fingerprint density at radius 3 is 2.10 bits per heavy atom. The van der Waals surface area contributed by atoms with E-state index in [2.05, 4.69) is 6.07 Å². The van der Waals surface area contributed by atoms with Crippen molar-refractivity contribution in [3.8, 4) is 39.7 Å². The van der Waals surface area contributed by atoms with Crippen molar-refractivity contribution >= 4 is 11.1 Å². The summed E-state index contributed by atoms with van der Waals surface area (Å²) in [5.41, 5.74) is 5.24. The molecule has 4 aromatic rings. The number of aromatic nitrogens is 1. The summed E-state index contributed by atoms with van der Waals surface area (Å²) in [6.45, 7) is 0. The third kappa shape index (κ3) is 4.58. The zero-order chi connectivity index (χ0) is 21.8. The van der Waals surface area contributed by atoms with E-state index in [0.717, 1.165) is 11.1 Å². The van der Waals surface area contributed by atoms with Gasteiger partial charge in [0.05, 0.1) is 17.0 Å². The maximum Gasteiger partial charge on any atom is 0.123 e.